The van der Waals surface area contributed by atoms with Crippen LogP contribution in [0.5, 0.6) is 0 Å². The van der Waals surface area contributed by atoms with Gasteiger partial charge in [0.25, 0.3) is 5.91 Å². The Balaban J connectivity index is 1.80. The summed E-state index contributed by atoms with van der Waals surface area (Å²) in [6.07, 6.45) is 1.54. The number of benzene rings is 1. The number of ether oxygens (including phenoxy) is 1. The zero-order valence-electron chi connectivity index (χ0n) is 11.5. The Morgan fingerprint density at radius 3 is 2.71 bits per heavy atom. The predicted octanol–water partition coefficient (Wildman–Crippen LogP) is 1.57. The van der Waals surface area contributed by atoms with Crippen molar-refractivity contribution in [1.29, 1.82) is 0 Å². The second-order valence-electron chi connectivity index (χ2n) is 4.68. The quantitative estimate of drug-likeness (QED) is 0.926. The van der Waals surface area contributed by atoms with Crippen molar-refractivity contribution in [3.05, 3.63) is 48.3 Å². The molecule has 1 N–H and O–H groups in total. The van der Waals surface area contributed by atoms with Gasteiger partial charge in [0.2, 0.25) is 0 Å². The van der Waals surface area contributed by atoms with E-state index in [9.17, 15) is 4.79 Å². The summed E-state index contributed by atoms with van der Waals surface area (Å²) >= 11 is 0. The molecule has 6 nitrogen and oxygen atoms in total. The van der Waals surface area contributed by atoms with E-state index in [1.165, 1.54) is 0 Å². The molecular weight excluding hydrogens is 268 g/mol. The van der Waals surface area contributed by atoms with Gasteiger partial charge >= 0.3 is 0 Å². The van der Waals surface area contributed by atoms with Gasteiger partial charge in [0.15, 0.2) is 5.69 Å². The molecule has 0 atom stereocenters. The van der Waals surface area contributed by atoms with Gasteiger partial charge in [-0.2, -0.15) is 5.10 Å². The first-order valence-electron chi connectivity index (χ1n) is 6.85. The lowest BCUT2D eigenvalue weighted by molar-refractivity contribution is 0.102. The molecule has 6 heteroatoms. The highest BCUT2D eigenvalue weighted by atomic mass is 16.5. The number of nitrogens with zero attached hydrogens (tertiary/aromatic N) is 3. The Hall–Kier alpha value is -2.47. The number of nitrogens with one attached hydrogen (secondary N) is 1. The maximum Gasteiger partial charge on any atom is 0.276 e. The molecule has 1 saturated heterocycles. The average Bonchev–Trinajstić information content (AvgIpc) is 2.57. The van der Waals surface area contributed by atoms with Gasteiger partial charge in [-0.1, -0.05) is 12.1 Å². The number of morpholine rings is 1. The summed E-state index contributed by atoms with van der Waals surface area (Å²) in [6.45, 7) is 3.04. The van der Waals surface area contributed by atoms with Crippen LogP contribution in [0.15, 0.2) is 42.6 Å². The van der Waals surface area contributed by atoms with Gasteiger partial charge < -0.3 is 15.0 Å². The topological polar surface area (TPSA) is 67.4 Å². The van der Waals surface area contributed by atoms with Crippen LogP contribution >= 0.6 is 0 Å². The first kappa shape index (κ1) is 13.5. The largest absolute Gasteiger partial charge is 0.378 e. The Morgan fingerprint density at radius 2 is 1.95 bits per heavy atom. The molecule has 1 fully saturated rings. The SMILES string of the molecule is O=C(Nc1ccccc1N1CCOCC1)c1cccnn1. The summed E-state index contributed by atoms with van der Waals surface area (Å²) in [6, 6.07) is 11.1. The Labute approximate surface area is 122 Å². The van der Waals surface area contributed by atoms with Gasteiger partial charge in [-0.3, -0.25) is 4.79 Å². The van der Waals surface area contributed by atoms with Crippen LogP contribution in [-0.2, 0) is 4.74 Å². The number of anilines is 2. The molecule has 0 spiro atoms. The number of carbonyl (C=O) groups is 1. The number of para-hydroxylation sites is 2. The molecule has 2 aromatic rings. The van der Waals surface area contributed by atoms with Crippen molar-refractivity contribution in [2.75, 3.05) is 36.5 Å². The predicted molar refractivity (Wildman–Crippen MR) is 79.5 cm³/mol. The fourth-order valence-corrected chi connectivity index (χ4v) is 2.27. The van der Waals surface area contributed by atoms with Crippen LogP contribution in [0, 0.1) is 0 Å². The van der Waals surface area contributed by atoms with Crippen molar-refractivity contribution in [2.45, 2.75) is 0 Å². The fourth-order valence-electron chi connectivity index (χ4n) is 2.27. The first-order chi connectivity index (χ1) is 10.3. The van der Waals surface area contributed by atoms with Gasteiger partial charge in [-0.25, -0.2) is 0 Å². The normalized spacial score (nSPS) is 14.8. The molecule has 1 amide bonds. The highest BCUT2D eigenvalue weighted by Crippen LogP contribution is 2.26. The number of amides is 1. The molecule has 1 aromatic heterocycles. The summed E-state index contributed by atoms with van der Waals surface area (Å²) < 4.78 is 5.36. The lowest BCUT2D eigenvalue weighted by Gasteiger charge is -2.30. The number of hydrogen-bond acceptors (Lipinski definition) is 5. The van der Waals surface area contributed by atoms with Gasteiger partial charge in [0, 0.05) is 19.3 Å². The summed E-state index contributed by atoms with van der Waals surface area (Å²) in [5.74, 6) is -0.260. The Kier molecular flexibility index (Phi) is 4.07. The van der Waals surface area contributed by atoms with Crippen LogP contribution < -0.4 is 10.2 Å². The van der Waals surface area contributed by atoms with E-state index in [0.29, 0.717) is 18.9 Å². The van der Waals surface area contributed by atoms with Crippen LogP contribution in [0.1, 0.15) is 10.5 Å². The molecule has 0 bridgehead atoms. The van der Waals surface area contributed by atoms with Crippen LogP contribution in [-0.4, -0.2) is 42.4 Å². The van der Waals surface area contributed by atoms with Crippen molar-refractivity contribution in [2.24, 2.45) is 0 Å². The maximum atomic E-state index is 12.2. The summed E-state index contributed by atoms with van der Waals surface area (Å²) in [5.41, 5.74) is 2.07. The molecule has 1 aliphatic rings. The van der Waals surface area contributed by atoms with Gasteiger partial charge in [0.1, 0.15) is 0 Å². The number of rotatable bonds is 3. The maximum absolute atomic E-state index is 12.2. The minimum absolute atomic E-state index is 0.260. The lowest BCUT2D eigenvalue weighted by atomic mass is 10.2. The third-order valence-electron chi connectivity index (χ3n) is 3.31. The van der Waals surface area contributed by atoms with Crippen LogP contribution in [0.4, 0.5) is 11.4 Å². The van der Waals surface area contributed by atoms with E-state index in [4.69, 9.17) is 4.74 Å². The minimum Gasteiger partial charge on any atom is -0.378 e. The first-order valence-corrected chi connectivity index (χ1v) is 6.85. The second-order valence-corrected chi connectivity index (χ2v) is 4.68. The molecule has 1 aromatic carbocycles. The average molecular weight is 284 g/mol. The van der Waals surface area contributed by atoms with Crippen molar-refractivity contribution >= 4 is 17.3 Å². The zero-order valence-corrected chi connectivity index (χ0v) is 11.5. The van der Waals surface area contributed by atoms with Crippen molar-refractivity contribution < 1.29 is 9.53 Å². The molecule has 0 unspecified atom stereocenters. The third kappa shape index (κ3) is 3.17. The number of aromatic nitrogens is 2. The molecule has 3 rings (SSSR count). The van der Waals surface area contributed by atoms with Crippen molar-refractivity contribution in [3.8, 4) is 0 Å². The van der Waals surface area contributed by atoms with Gasteiger partial charge in [0.05, 0.1) is 24.6 Å². The summed E-state index contributed by atoms with van der Waals surface area (Å²) in [4.78, 5) is 14.4. The van der Waals surface area contributed by atoms with E-state index in [1.54, 1.807) is 18.3 Å². The number of carbonyl (C=O) groups excluding carboxylic acids is 1. The summed E-state index contributed by atoms with van der Waals surface area (Å²) in [5, 5.41) is 10.4. The molecule has 1 aliphatic heterocycles. The zero-order chi connectivity index (χ0) is 14.5. The van der Waals surface area contributed by atoms with E-state index >= 15 is 0 Å². The van der Waals surface area contributed by atoms with Crippen LogP contribution in [0.25, 0.3) is 0 Å². The smallest absolute Gasteiger partial charge is 0.276 e. The highest BCUT2D eigenvalue weighted by molar-refractivity contribution is 6.04. The third-order valence-corrected chi connectivity index (χ3v) is 3.31. The Bertz CT molecular complexity index is 612. The Morgan fingerprint density at radius 1 is 1.14 bits per heavy atom. The van der Waals surface area contributed by atoms with E-state index in [2.05, 4.69) is 20.4 Å². The summed E-state index contributed by atoms with van der Waals surface area (Å²) in [7, 11) is 0. The second kappa shape index (κ2) is 6.32. The molecule has 108 valence electrons. The molecule has 0 aliphatic carbocycles. The molecule has 0 radical (unpaired) electrons. The van der Waals surface area contributed by atoms with Crippen molar-refractivity contribution in [3.63, 3.8) is 0 Å². The monoisotopic (exact) mass is 284 g/mol. The molecule has 0 saturated carbocycles. The van der Waals surface area contributed by atoms with Gasteiger partial charge in [-0.05, 0) is 24.3 Å². The van der Waals surface area contributed by atoms with Crippen LogP contribution in [0.3, 0.4) is 0 Å². The minimum atomic E-state index is -0.260. The van der Waals surface area contributed by atoms with E-state index < -0.39 is 0 Å². The van der Waals surface area contributed by atoms with E-state index in [1.807, 2.05) is 24.3 Å². The molecule has 2 heterocycles. The van der Waals surface area contributed by atoms with Crippen LogP contribution in [0.2, 0.25) is 0 Å². The van der Waals surface area contributed by atoms with Gasteiger partial charge in [-0.15, -0.1) is 5.10 Å². The fraction of sp³-hybridized carbons (Fsp3) is 0.267. The van der Waals surface area contributed by atoms with E-state index in [0.717, 1.165) is 24.5 Å². The molecular formula is C15H16N4O2. The lowest BCUT2D eigenvalue weighted by Crippen LogP contribution is -2.36. The van der Waals surface area contributed by atoms with E-state index in [-0.39, 0.29) is 5.91 Å². The number of hydrogen-bond donors (Lipinski definition) is 1. The highest BCUT2D eigenvalue weighted by Gasteiger charge is 2.16. The van der Waals surface area contributed by atoms with Crippen molar-refractivity contribution in [1.82, 2.24) is 10.2 Å². The standard InChI is InChI=1S/C15H16N4O2/c20-15(13-5-3-7-16-18-13)17-12-4-1-2-6-14(12)19-8-10-21-11-9-19/h1-7H,8-11H2,(H,17,20). The molecule has 21 heavy (non-hydrogen) atoms.